The summed E-state index contributed by atoms with van der Waals surface area (Å²) in [7, 11) is 0. The first-order valence-corrected chi connectivity index (χ1v) is 6.65. The van der Waals surface area contributed by atoms with E-state index < -0.39 is 0 Å². The summed E-state index contributed by atoms with van der Waals surface area (Å²) in [5.74, 6) is 2.69. The lowest BCUT2D eigenvalue weighted by Crippen LogP contribution is -2.12. The molecule has 1 amide bonds. The Labute approximate surface area is 114 Å². The highest BCUT2D eigenvalue weighted by atomic mass is 32.1. The van der Waals surface area contributed by atoms with Crippen LogP contribution in [0.25, 0.3) is 0 Å². The van der Waals surface area contributed by atoms with Gasteiger partial charge in [0.05, 0.1) is 5.56 Å². The van der Waals surface area contributed by atoms with Crippen molar-refractivity contribution in [3.8, 4) is 12.3 Å². The molecular formula is C13H10N4OS. The standard InChI is InChI=1S/C13H10N4OS/c1-2-10-6-5-9(7-14-10)11(18)15-13-17-16-12(19-13)8-3-4-8/h1,5-8H,3-4H2,(H,15,17,18). The first-order chi connectivity index (χ1) is 9.26. The Balaban J connectivity index is 1.70. The smallest absolute Gasteiger partial charge is 0.259 e. The molecule has 1 aliphatic rings. The molecule has 0 aromatic carbocycles. The van der Waals surface area contributed by atoms with Gasteiger partial charge in [0.2, 0.25) is 5.13 Å². The van der Waals surface area contributed by atoms with Crippen molar-refractivity contribution in [2.45, 2.75) is 18.8 Å². The maximum atomic E-state index is 11.9. The molecule has 0 saturated heterocycles. The number of amides is 1. The van der Waals surface area contributed by atoms with E-state index in [1.54, 1.807) is 12.1 Å². The van der Waals surface area contributed by atoms with Crippen molar-refractivity contribution in [1.29, 1.82) is 0 Å². The summed E-state index contributed by atoms with van der Waals surface area (Å²) in [4.78, 5) is 15.9. The number of carbonyl (C=O) groups is 1. The molecule has 1 aliphatic carbocycles. The van der Waals surface area contributed by atoms with Gasteiger partial charge in [0, 0.05) is 12.1 Å². The number of pyridine rings is 1. The van der Waals surface area contributed by atoms with Crippen molar-refractivity contribution in [2.75, 3.05) is 5.32 Å². The highest BCUT2D eigenvalue weighted by Crippen LogP contribution is 2.42. The van der Waals surface area contributed by atoms with Gasteiger partial charge in [-0.15, -0.1) is 16.6 Å². The molecule has 3 rings (SSSR count). The summed E-state index contributed by atoms with van der Waals surface area (Å²) in [6.45, 7) is 0. The molecule has 0 unspecified atom stereocenters. The normalized spacial score (nSPS) is 13.8. The van der Waals surface area contributed by atoms with Gasteiger partial charge in [0.15, 0.2) is 0 Å². The zero-order valence-corrected chi connectivity index (χ0v) is 10.8. The largest absolute Gasteiger partial charge is 0.296 e. The van der Waals surface area contributed by atoms with Crippen molar-refractivity contribution in [1.82, 2.24) is 15.2 Å². The Bertz CT molecular complexity index is 652. The van der Waals surface area contributed by atoms with Crippen LogP contribution >= 0.6 is 11.3 Å². The monoisotopic (exact) mass is 270 g/mol. The number of nitrogens with zero attached hydrogens (tertiary/aromatic N) is 3. The van der Waals surface area contributed by atoms with E-state index in [2.05, 4.69) is 26.4 Å². The predicted octanol–water partition coefficient (Wildman–Crippen LogP) is 2.04. The second-order valence-electron chi connectivity index (χ2n) is 4.25. The Morgan fingerprint density at radius 3 is 2.89 bits per heavy atom. The Hall–Kier alpha value is -2.26. The lowest BCUT2D eigenvalue weighted by Gasteiger charge is -2.00. The van der Waals surface area contributed by atoms with Gasteiger partial charge < -0.3 is 0 Å². The number of aromatic nitrogens is 3. The molecule has 2 aromatic rings. The lowest BCUT2D eigenvalue weighted by atomic mass is 10.2. The average Bonchev–Trinajstić information content (AvgIpc) is 3.20. The van der Waals surface area contributed by atoms with Gasteiger partial charge in [-0.25, -0.2) is 4.98 Å². The average molecular weight is 270 g/mol. The predicted molar refractivity (Wildman–Crippen MR) is 72.0 cm³/mol. The Morgan fingerprint density at radius 1 is 1.42 bits per heavy atom. The third-order valence-corrected chi connectivity index (χ3v) is 3.76. The molecule has 94 valence electrons. The van der Waals surface area contributed by atoms with Crippen LogP contribution in [0.4, 0.5) is 5.13 Å². The number of terminal acetylenes is 1. The highest BCUT2D eigenvalue weighted by molar-refractivity contribution is 7.15. The van der Waals surface area contributed by atoms with Crippen LogP contribution in [0.15, 0.2) is 18.3 Å². The summed E-state index contributed by atoms with van der Waals surface area (Å²) in [6, 6.07) is 3.27. The molecule has 1 fully saturated rings. The topological polar surface area (TPSA) is 67.8 Å². The fourth-order valence-electron chi connectivity index (χ4n) is 1.56. The van der Waals surface area contributed by atoms with E-state index in [0.717, 1.165) is 5.01 Å². The summed E-state index contributed by atoms with van der Waals surface area (Å²) < 4.78 is 0. The fourth-order valence-corrected chi connectivity index (χ4v) is 2.47. The van der Waals surface area contributed by atoms with Gasteiger partial charge >= 0.3 is 0 Å². The molecule has 2 aromatic heterocycles. The van der Waals surface area contributed by atoms with Crippen LogP contribution in [0, 0.1) is 12.3 Å². The van der Waals surface area contributed by atoms with E-state index in [4.69, 9.17) is 6.42 Å². The maximum Gasteiger partial charge on any atom is 0.259 e. The van der Waals surface area contributed by atoms with Crippen LogP contribution in [0.3, 0.4) is 0 Å². The molecule has 1 saturated carbocycles. The van der Waals surface area contributed by atoms with E-state index in [9.17, 15) is 4.79 Å². The van der Waals surface area contributed by atoms with Gasteiger partial charge in [0.25, 0.3) is 5.91 Å². The van der Waals surface area contributed by atoms with Crippen LogP contribution < -0.4 is 5.32 Å². The van der Waals surface area contributed by atoms with E-state index in [1.165, 1.54) is 30.4 Å². The minimum atomic E-state index is -0.255. The second kappa shape index (κ2) is 4.78. The summed E-state index contributed by atoms with van der Waals surface area (Å²) >= 11 is 1.43. The van der Waals surface area contributed by atoms with E-state index >= 15 is 0 Å². The summed E-state index contributed by atoms with van der Waals surface area (Å²) in [6.07, 6.45) is 8.99. The van der Waals surface area contributed by atoms with Crippen LogP contribution in [-0.2, 0) is 0 Å². The van der Waals surface area contributed by atoms with E-state index in [-0.39, 0.29) is 5.91 Å². The van der Waals surface area contributed by atoms with Gasteiger partial charge in [-0.3, -0.25) is 10.1 Å². The van der Waals surface area contributed by atoms with E-state index in [1.807, 2.05) is 0 Å². The van der Waals surface area contributed by atoms with Crippen molar-refractivity contribution < 1.29 is 4.79 Å². The lowest BCUT2D eigenvalue weighted by molar-refractivity contribution is 0.102. The number of hydrogen-bond donors (Lipinski definition) is 1. The van der Waals surface area contributed by atoms with Crippen molar-refractivity contribution in [2.24, 2.45) is 0 Å². The first-order valence-electron chi connectivity index (χ1n) is 5.83. The molecule has 19 heavy (non-hydrogen) atoms. The molecule has 0 spiro atoms. The van der Waals surface area contributed by atoms with E-state index in [0.29, 0.717) is 22.3 Å². The number of hydrogen-bond acceptors (Lipinski definition) is 5. The maximum absolute atomic E-state index is 11.9. The second-order valence-corrected chi connectivity index (χ2v) is 5.26. The minimum Gasteiger partial charge on any atom is -0.296 e. The van der Waals surface area contributed by atoms with Crippen molar-refractivity contribution >= 4 is 22.4 Å². The van der Waals surface area contributed by atoms with Gasteiger partial charge in [0.1, 0.15) is 10.7 Å². The molecule has 2 heterocycles. The summed E-state index contributed by atoms with van der Waals surface area (Å²) in [5.41, 5.74) is 0.950. The van der Waals surface area contributed by atoms with Crippen molar-refractivity contribution in [3.05, 3.63) is 34.6 Å². The highest BCUT2D eigenvalue weighted by Gasteiger charge is 2.27. The minimum absolute atomic E-state index is 0.255. The van der Waals surface area contributed by atoms with Crippen LogP contribution in [0.2, 0.25) is 0 Å². The molecule has 0 atom stereocenters. The first kappa shape index (κ1) is 11.8. The van der Waals surface area contributed by atoms with Crippen LogP contribution in [0.1, 0.15) is 39.8 Å². The summed E-state index contributed by atoms with van der Waals surface area (Å²) in [5, 5.41) is 12.3. The molecule has 0 aliphatic heterocycles. The zero-order chi connectivity index (χ0) is 13.2. The SMILES string of the molecule is C#Cc1ccc(C(=O)Nc2nnc(C3CC3)s2)cn1. The van der Waals surface area contributed by atoms with Gasteiger partial charge in [-0.2, -0.15) is 0 Å². The molecule has 5 nitrogen and oxygen atoms in total. The van der Waals surface area contributed by atoms with Crippen molar-refractivity contribution in [3.63, 3.8) is 0 Å². The zero-order valence-electron chi connectivity index (χ0n) is 9.96. The van der Waals surface area contributed by atoms with Crippen LogP contribution in [0.5, 0.6) is 0 Å². The quantitative estimate of drug-likeness (QED) is 0.867. The Kier molecular flexibility index (Phi) is 2.97. The molecular weight excluding hydrogens is 260 g/mol. The number of carbonyl (C=O) groups excluding carboxylic acids is 1. The molecule has 6 heteroatoms. The third kappa shape index (κ3) is 2.61. The number of nitrogens with one attached hydrogen (secondary N) is 1. The fraction of sp³-hybridized carbons (Fsp3) is 0.231. The third-order valence-electron chi connectivity index (χ3n) is 2.76. The Morgan fingerprint density at radius 2 is 2.26 bits per heavy atom. The number of anilines is 1. The van der Waals surface area contributed by atoms with Gasteiger partial charge in [-0.1, -0.05) is 17.3 Å². The number of rotatable bonds is 3. The molecule has 0 bridgehead atoms. The van der Waals surface area contributed by atoms with Crippen LogP contribution in [-0.4, -0.2) is 21.1 Å². The molecule has 1 N–H and O–H groups in total. The molecule has 0 radical (unpaired) electrons. The van der Waals surface area contributed by atoms with Gasteiger partial charge in [-0.05, 0) is 25.0 Å².